The Kier molecular flexibility index (Phi) is 9.20. The number of ether oxygens (including phenoxy) is 1. The predicted molar refractivity (Wildman–Crippen MR) is 136 cm³/mol. The second-order valence-corrected chi connectivity index (χ2v) is 9.26. The Morgan fingerprint density at radius 3 is 2.43 bits per heavy atom. The van der Waals surface area contributed by atoms with E-state index in [4.69, 9.17) is 9.15 Å². The lowest BCUT2D eigenvalue weighted by atomic mass is 10.1. The molecule has 1 heterocycles. The fourth-order valence-corrected chi connectivity index (χ4v) is 3.82. The summed E-state index contributed by atoms with van der Waals surface area (Å²) in [6.45, 7) is 6.74. The van der Waals surface area contributed by atoms with Crippen molar-refractivity contribution in [2.75, 3.05) is 26.8 Å². The molecule has 0 aliphatic rings. The highest BCUT2D eigenvalue weighted by atomic mass is 16.5. The molecule has 2 aromatic carbocycles. The van der Waals surface area contributed by atoms with Crippen LogP contribution < -0.4 is 5.43 Å². The van der Waals surface area contributed by atoms with E-state index in [0.717, 1.165) is 17.5 Å². The molecule has 0 saturated carbocycles. The van der Waals surface area contributed by atoms with Crippen LogP contribution in [0, 0.1) is 12.8 Å². The molecule has 1 aromatic heterocycles. The first-order valence-corrected chi connectivity index (χ1v) is 11.9. The second-order valence-electron chi connectivity index (χ2n) is 9.26. The Morgan fingerprint density at radius 1 is 1.00 bits per heavy atom. The van der Waals surface area contributed by atoms with Crippen molar-refractivity contribution < 1.29 is 18.7 Å². The molecule has 0 unspecified atom stereocenters. The monoisotopic (exact) mass is 478 g/mol. The molecule has 7 heteroatoms. The lowest BCUT2D eigenvalue weighted by molar-refractivity contribution is -0.143. The summed E-state index contributed by atoms with van der Waals surface area (Å²) >= 11 is 0. The van der Waals surface area contributed by atoms with E-state index in [1.54, 1.807) is 17.0 Å². The van der Waals surface area contributed by atoms with E-state index in [0.29, 0.717) is 35.5 Å². The smallest absolute Gasteiger partial charge is 0.249 e. The predicted octanol–water partition coefficient (Wildman–Crippen LogP) is 4.15. The van der Waals surface area contributed by atoms with Crippen LogP contribution in [0.4, 0.5) is 0 Å². The van der Waals surface area contributed by atoms with Crippen molar-refractivity contribution in [3.63, 3.8) is 0 Å². The summed E-state index contributed by atoms with van der Waals surface area (Å²) in [6.07, 6.45) is 2.20. The number of nitrogens with zero attached hydrogens (tertiary/aromatic N) is 2. The zero-order chi connectivity index (χ0) is 25.4. The molecule has 0 aliphatic heterocycles. The molecule has 3 aromatic rings. The van der Waals surface area contributed by atoms with Gasteiger partial charge in [0.1, 0.15) is 12.2 Å². The van der Waals surface area contributed by atoms with Crippen molar-refractivity contribution in [2.45, 2.75) is 40.3 Å². The van der Waals surface area contributed by atoms with Gasteiger partial charge < -0.3 is 19.0 Å². The Bertz CT molecular complexity index is 1200. The highest BCUT2D eigenvalue weighted by Crippen LogP contribution is 2.16. The minimum atomic E-state index is -0.245. The van der Waals surface area contributed by atoms with Crippen LogP contribution in [0.5, 0.6) is 0 Å². The van der Waals surface area contributed by atoms with Crippen molar-refractivity contribution in [1.82, 2.24) is 9.80 Å². The van der Waals surface area contributed by atoms with E-state index in [2.05, 4.69) is 13.8 Å². The number of hydrogen-bond acceptors (Lipinski definition) is 5. The van der Waals surface area contributed by atoms with Gasteiger partial charge in [-0.05, 0) is 37.0 Å². The maximum atomic E-state index is 13.5. The van der Waals surface area contributed by atoms with Crippen LogP contribution in [-0.4, -0.2) is 48.4 Å². The quantitative estimate of drug-likeness (QED) is 0.414. The molecule has 0 bridgehead atoms. The summed E-state index contributed by atoms with van der Waals surface area (Å²) in [7, 11) is 1.46. The number of aryl methyl sites for hydroxylation is 1. The molecule has 186 valence electrons. The van der Waals surface area contributed by atoms with Crippen molar-refractivity contribution in [2.24, 2.45) is 5.92 Å². The van der Waals surface area contributed by atoms with E-state index in [9.17, 15) is 14.4 Å². The van der Waals surface area contributed by atoms with Crippen molar-refractivity contribution in [3.8, 4) is 0 Å². The summed E-state index contributed by atoms with van der Waals surface area (Å²) in [6, 6.07) is 15.0. The first-order chi connectivity index (χ1) is 16.8. The van der Waals surface area contributed by atoms with Gasteiger partial charge in [0.15, 0.2) is 5.43 Å². The van der Waals surface area contributed by atoms with Gasteiger partial charge >= 0.3 is 0 Å². The largest absolute Gasteiger partial charge is 0.464 e. The van der Waals surface area contributed by atoms with Crippen LogP contribution in [0.2, 0.25) is 0 Å². The van der Waals surface area contributed by atoms with Crippen LogP contribution in [0.3, 0.4) is 0 Å². The molecule has 0 saturated heterocycles. The number of rotatable bonds is 11. The fraction of sp³-hybridized carbons (Fsp3) is 0.393. The molecule has 0 fully saturated rings. The third-order valence-electron chi connectivity index (χ3n) is 5.85. The van der Waals surface area contributed by atoms with Crippen LogP contribution >= 0.6 is 0 Å². The maximum absolute atomic E-state index is 13.5. The molecule has 35 heavy (non-hydrogen) atoms. The highest BCUT2D eigenvalue weighted by molar-refractivity contribution is 5.85. The molecule has 2 amide bonds. The van der Waals surface area contributed by atoms with Crippen molar-refractivity contribution in [3.05, 3.63) is 81.7 Å². The van der Waals surface area contributed by atoms with Gasteiger partial charge in [0, 0.05) is 20.2 Å². The lowest BCUT2D eigenvalue weighted by Gasteiger charge is -2.28. The molecule has 0 atom stereocenters. The maximum Gasteiger partial charge on any atom is 0.249 e. The van der Waals surface area contributed by atoms with E-state index in [1.807, 2.05) is 43.3 Å². The number of benzene rings is 2. The van der Waals surface area contributed by atoms with E-state index in [1.165, 1.54) is 18.3 Å². The third kappa shape index (κ3) is 7.26. The van der Waals surface area contributed by atoms with E-state index >= 15 is 0 Å². The summed E-state index contributed by atoms with van der Waals surface area (Å²) in [5.41, 5.74) is 2.63. The summed E-state index contributed by atoms with van der Waals surface area (Å²) in [4.78, 5) is 42.5. The Labute approximate surface area is 206 Å². The van der Waals surface area contributed by atoms with Gasteiger partial charge in [-0.15, -0.1) is 0 Å². The molecule has 0 radical (unpaired) electrons. The number of fused-ring (bicyclic) bond motifs is 1. The lowest BCUT2D eigenvalue weighted by Crippen LogP contribution is -2.44. The molecular formula is C28H34N2O5. The molecule has 3 rings (SSSR count). The molecular weight excluding hydrogens is 444 g/mol. The van der Waals surface area contributed by atoms with Gasteiger partial charge in [0.25, 0.3) is 0 Å². The third-order valence-corrected chi connectivity index (χ3v) is 5.85. The average molecular weight is 479 g/mol. The van der Waals surface area contributed by atoms with Crippen LogP contribution in [0.1, 0.15) is 37.0 Å². The topological polar surface area (TPSA) is 80.1 Å². The Morgan fingerprint density at radius 2 is 1.74 bits per heavy atom. The zero-order valence-corrected chi connectivity index (χ0v) is 21.0. The normalized spacial score (nSPS) is 11.1. The van der Waals surface area contributed by atoms with Crippen molar-refractivity contribution >= 4 is 22.8 Å². The van der Waals surface area contributed by atoms with Gasteiger partial charge in [0.2, 0.25) is 11.8 Å². The Balaban J connectivity index is 1.89. The van der Waals surface area contributed by atoms with Crippen LogP contribution in [-0.2, 0) is 27.4 Å². The molecule has 0 aliphatic carbocycles. The summed E-state index contributed by atoms with van der Waals surface area (Å²) in [5.74, 6) is -0.0956. The SMILES string of the molecule is COCC(=O)N(CCC(C)C)CC(=O)N(Cc1ccccc1)Cc1coc2ccc(C)cc2c1=O. The molecule has 0 spiro atoms. The van der Waals surface area contributed by atoms with Gasteiger partial charge in [-0.1, -0.05) is 55.8 Å². The Hall–Kier alpha value is -3.45. The zero-order valence-electron chi connectivity index (χ0n) is 21.0. The molecule has 0 N–H and O–H groups in total. The van der Waals surface area contributed by atoms with Gasteiger partial charge in [0.05, 0.1) is 30.3 Å². The van der Waals surface area contributed by atoms with Crippen LogP contribution in [0.15, 0.2) is 64.0 Å². The average Bonchev–Trinajstić information content (AvgIpc) is 2.83. The van der Waals surface area contributed by atoms with E-state index in [-0.39, 0.29) is 36.9 Å². The van der Waals surface area contributed by atoms with Gasteiger partial charge in [-0.25, -0.2) is 0 Å². The number of hydrogen-bond donors (Lipinski definition) is 0. The highest BCUT2D eigenvalue weighted by Gasteiger charge is 2.23. The minimum Gasteiger partial charge on any atom is -0.464 e. The van der Waals surface area contributed by atoms with Crippen molar-refractivity contribution in [1.29, 1.82) is 0 Å². The van der Waals surface area contributed by atoms with Crippen LogP contribution in [0.25, 0.3) is 11.0 Å². The number of carbonyl (C=O) groups is 2. The number of amides is 2. The minimum absolute atomic E-state index is 0.0798. The first-order valence-electron chi connectivity index (χ1n) is 11.9. The summed E-state index contributed by atoms with van der Waals surface area (Å²) in [5, 5.41) is 0.489. The van der Waals surface area contributed by atoms with Gasteiger partial charge in [-0.2, -0.15) is 0 Å². The first kappa shape index (κ1) is 26.2. The fourth-order valence-electron chi connectivity index (χ4n) is 3.82. The van der Waals surface area contributed by atoms with Gasteiger partial charge in [-0.3, -0.25) is 14.4 Å². The van der Waals surface area contributed by atoms with E-state index < -0.39 is 0 Å². The molecule has 7 nitrogen and oxygen atoms in total. The number of methoxy groups -OCH3 is 1. The standard InChI is InChI=1S/C28H34N2O5/c1-20(2)12-13-29(27(32)19-34-4)17-26(31)30(15-22-8-6-5-7-9-22)16-23-18-35-25-11-10-21(3)14-24(25)28(23)33/h5-11,14,18,20H,12-13,15-17,19H2,1-4H3. The second kappa shape index (κ2) is 12.3. The number of carbonyl (C=O) groups excluding carboxylic acids is 2. The summed E-state index contributed by atoms with van der Waals surface area (Å²) < 4.78 is 10.7.